The van der Waals surface area contributed by atoms with Gasteiger partial charge in [0.1, 0.15) is 5.60 Å². The molecular formula is C19H24N2O3. The molecule has 0 bridgehead atoms. The highest BCUT2D eigenvalue weighted by molar-refractivity contribution is 5.69. The number of hydrogen-bond acceptors (Lipinski definition) is 4. The van der Waals surface area contributed by atoms with E-state index in [1.807, 2.05) is 43.5 Å². The van der Waals surface area contributed by atoms with Crippen LogP contribution in [0, 0.1) is 6.92 Å². The zero-order valence-electron chi connectivity index (χ0n) is 14.5. The molecule has 24 heavy (non-hydrogen) atoms. The molecule has 1 aromatic carbocycles. The van der Waals surface area contributed by atoms with E-state index in [1.54, 1.807) is 27.0 Å². The molecule has 2 aromatic rings. The monoisotopic (exact) mass is 328 g/mol. The Balaban J connectivity index is 2.13. The van der Waals surface area contributed by atoms with Gasteiger partial charge in [-0.15, -0.1) is 0 Å². The van der Waals surface area contributed by atoms with Crippen molar-refractivity contribution in [2.75, 3.05) is 6.61 Å². The molecule has 0 aliphatic carbocycles. The Labute approximate surface area is 142 Å². The standard InChI is InChI=1S/C19H24N2O3/c1-13-11-20-10-9-16(13)14-5-7-15(8-6-14)17(12-22)21-18(23)24-19(2,3)4/h5-11,17,22H,12H2,1-4H3,(H,21,23)/t17-/m0/s1. The lowest BCUT2D eigenvalue weighted by Crippen LogP contribution is -2.36. The zero-order chi connectivity index (χ0) is 17.7. The molecule has 0 saturated carbocycles. The summed E-state index contributed by atoms with van der Waals surface area (Å²) in [6.45, 7) is 7.20. The molecule has 1 heterocycles. The van der Waals surface area contributed by atoms with E-state index in [-0.39, 0.29) is 6.61 Å². The van der Waals surface area contributed by atoms with Gasteiger partial charge in [0.2, 0.25) is 0 Å². The number of aromatic nitrogens is 1. The number of aryl methyl sites for hydroxylation is 1. The lowest BCUT2D eigenvalue weighted by Gasteiger charge is -2.23. The Morgan fingerprint density at radius 3 is 2.46 bits per heavy atom. The van der Waals surface area contributed by atoms with Crippen LogP contribution in [0.15, 0.2) is 42.7 Å². The van der Waals surface area contributed by atoms with Crippen LogP contribution in [0.25, 0.3) is 11.1 Å². The van der Waals surface area contributed by atoms with E-state index in [1.165, 1.54) is 0 Å². The van der Waals surface area contributed by atoms with Gasteiger partial charge >= 0.3 is 6.09 Å². The van der Waals surface area contributed by atoms with Crippen LogP contribution in [0.3, 0.4) is 0 Å². The summed E-state index contributed by atoms with van der Waals surface area (Å²) in [5.41, 5.74) is 3.51. The summed E-state index contributed by atoms with van der Waals surface area (Å²) in [4.78, 5) is 16.0. The first-order valence-corrected chi connectivity index (χ1v) is 7.91. The molecule has 5 heteroatoms. The van der Waals surface area contributed by atoms with Crippen LogP contribution >= 0.6 is 0 Å². The number of aliphatic hydroxyl groups excluding tert-OH is 1. The molecule has 1 aromatic heterocycles. The average Bonchev–Trinajstić information content (AvgIpc) is 2.52. The maximum atomic E-state index is 11.9. The number of carbonyl (C=O) groups excluding carboxylic acids is 1. The number of hydrogen-bond donors (Lipinski definition) is 2. The Morgan fingerprint density at radius 2 is 1.92 bits per heavy atom. The number of carbonyl (C=O) groups is 1. The average molecular weight is 328 g/mol. The highest BCUT2D eigenvalue weighted by atomic mass is 16.6. The largest absolute Gasteiger partial charge is 0.444 e. The molecule has 0 saturated heterocycles. The van der Waals surface area contributed by atoms with E-state index >= 15 is 0 Å². The second-order valence-electron chi connectivity index (χ2n) is 6.69. The second-order valence-corrected chi connectivity index (χ2v) is 6.69. The number of benzene rings is 1. The molecule has 128 valence electrons. The van der Waals surface area contributed by atoms with Crippen molar-refractivity contribution in [3.8, 4) is 11.1 Å². The summed E-state index contributed by atoms with van der Waals surface area (Å²) < 4.78 is 5.23. The molecule has 0 radical (unpaired) electrons. The van der Waals surface area contributed by atoms with Crippen LogP contribution < -0.4 is 5.32 Å². The van der Waals surface area contributed by atoms with E-state index in [9.17, 15) is 9.90 Å². The maximum Gasteiger partial charge on any atom is 0.408 e. The summed E-state index contributed by atoms with van der Waals surface area (Å²) in [5.74, 6) is 0. The third-order valence-corrected chi connectivity index (χ3v) is 3.52. The highest BCUT2D eigenvalue weighted by Crippen LogP contribution is 2.24. The molecule has 1 atom stereocenters. The first-order valence-electron chi connectivity index (χ1n) is 7.91. The summed E-state index contributed by atoms with van der Waals surface area (Å²) in [7, 11) is 0. The lowest BCUT2D eigenvalue weighted by atomic mass is 9.99. The van der Waals surface area contributed by atoms with Gasteiger partial charge in [-0.25, -0.2) is 4.79 Å². The van der Waals surface area contributed by atoms with Crippen LogP contribution in [0.1, 0.15) is 37.9 Å². The number of pyridine rings is 1. The van der Waals surface area contributed by atoms with Crippen LogP contribution in [0.5, 0.6) is 0 Å². The molecular weight excluding hydrogens is 304 g/mol. The molecule has 0 spiro atoms. The highest BCUT2D eigenvalue weighted by Gasteiger charge is 2.20. The van der Waals surface area contributed by atoms with Crippen molar-refractivity contribution in [2.45, 2.75) is 39.3 Å². The van der Waals surface area contributed by atoms with Gasteiger partial charge in [0, 0.05) is 12.4 Å². The van der Waals surface area contributed by atoms with Crippen LogP contribution in [0.2, 0.25) is 0 Å². The molecule has 0 fully saturated rings. The van der Waals surface area contributed by atoms with E-state index in [0.717, 1.165) is 22.3 Å². The smallest absolute Gasteiger partial charge is 0.408 e. The molecule has 2 N–H and O–H groups in total. The first-order chi connectivity index (χ1) is 11.3. The molecule has 1 amide bonds. The summed E-state index contributed by atoms with van der Waals surface area (Å²) in [6, 6.07) is 9.19. The van der Waals surface area contributed by atoms with Gasteiger partial charge in [-0.05, 0) is 56.0 Å². The van der Waals surface area contributed by atoms with E-state index < -0.39 is 17.7 Å². The lowest BCUT2D eigenvalue weighted by molar-refractivity contribution is 0.0482. The fourth-order valence-corrected chi connectivity index (χ4v) is 2.38. The van der Waals surface area contributed by atoms with Crippen molar-refractivity contribution in [1.82, 2.24) is 10.3 Å². The van der Waals surface area contributed by atoms with E-state index in [2.05, 4.69) is 10.3 Å². The second kappa shape index (κ2) is 7.45. The van der Waals surface area contributed by atoms with Gasteiger partial charge in [-0.3, -0.25) is 4.98 Å². The Bertz CT molecular complexity index is 691. The summed E-state index contributed by atoms with van der Waals surface area (Å²) in [5, 5.41) is 12.3. The maximum absolute atomic E-state index is 11.9. The normalized spacial score (nSPS) is 12.5. The number of amides is 1. The van der Waals surface area contributed by atoms with Crippen LogP contribution in [-0.2, 0) is 4.74 Å². The Morgan fingerprint density at radius 1 is 1.25 bits per heavy atom. The molecule has 0 aliphatic rings. The van der Waals surface area contributed by atoms with Gasteiger partial charge in [0.15, 0.2) is 0 Å². The van der Waals surface area contributed by atoms with Gasteiger partial charge < -0.3 is 15.2 Å². The van der Waals surface area contributed by atoms with Crippen molar-refractivity contribution in [3.05, 3.63) is 53.9 Å². The quantitative estimate of drug-likeness (QED) is 0.899. The summed E-state index contributed by atoms with van der Waals surface area (Å²) >= 11 is 0. The number of rotatable bonds is 4. The Hall–Kier alpha value is -2.40. The first kappa shape index (κ1) is 17.9. The topological polar surface area (TPSA) is 71.5 Å². The van der Waals surface area contributed by atoms with Crippen LogP contribution in [0.4, 0.5) is 4.79 Å². The molecule has 5 nitrogen and oxygen atoms in total. The summed E-state index contributed by atoms with van der Waals surface area (Å²) in [6.07, 6.45) is 3.04. The minimum Gasteiger partial charge on any atom is -0.444 e. The number of nitrogens with zero attached hydrogens (tertiary/aromatic N) is 1. The van der Waals surface area contributed by atoms with Crippen molar-refractivity contribution < 1.29 is 14.6 Å². The van der Waals surface area contributed by atoms with Crippen LogP contribution in [-0.4, -0.2) is 28.4 Å². The number of nitrogens with one attached hydrogen (secondary N) is 1. The third-order valence-electron chi connectivity index (χ3n) is 3.52. The fourth-order valence-electron chi connectivity index (χ4n) is 2.38. The van der Waals surface area contributed by atoms with Gasteiger partial charge in [-0.1, -0.05) is 24.3 Å². The number of ether oxygens (including phenoxy) is 1. The minimum absolute atomic E-state index is 0.202. The molecule has 2 rings (SSSR count). The minimum atomic E-state index is -0.577. The predicted molar refractivity (Wildman–Crippen MR) is 93.6 cm³/mol. The number of alkyl carbamates (subject to hydrolysis) is 1. The fraction of sp³-hybridized carbons (Fsp3) is 0.368. The van der Waals surface area contributed by atoms with Crippen molar-refractivity contribution >= 4 is 6.09 Å². The van der Waals surface area contributed by atoms with Crippen molar-refractivity contribution in [1.29, 1.82) is 0 Å². The van der Waals surface area contributed by atoms with E-state index in [0.29, 0.717) is 0 Å². The van der Waals surface area contributed by atoms with Gasteiger partial charge in [-0.2, -0.15) is 0 Å². The third kappa shape index (κ3) is 4.80. The van der Waals surface area contributed by atoms with Gasteiger partial charge in [0.05, 0.1) is 12.6 Å². The number of aliphatic hydroxyl groups is 1. The Kier molecular flexibility index (Phi) is 5.57. The van der Waals surface area contributed by atoms with Crippen molar-refractivity contribution in [2.24, 2.45) is 0 Å². The SMILES string of the molecule is Cc1cnccc1-c1ccc([C@H](CO)NC(=O)OC(C)(C)C)cc1. The van der Waals surface area contributed by atoms with Crippen molar-refractivity contribution in [3.63, 3.8) is 0 Å². The molecule has 0 unspecified atom stereocenters. The van der Waals surface area contributed by atoms with E-state index in [4.69, 9.17) is 4.74 Å². The zero-order valence-corrected chi connectivity index (χ0v) is 14.5. The predicted octanol–water partition coefficient (Wildman–Crippen LogP) is 3.62. The molecule has 0 aliphatic heterocycles. The van der Waals surface area contributed by atoms with Gasteiger partial charge in [0.25, 0.3) is 0 Å².